The number of fused-ring (bicyclic) bond motifs is 5. The molecule has 9 heteroatoms. The number of benzene rings is 1. The van der Waals surface area contributed by atoms with E-state index in [9.17, 15) is 24.3 Å². The van der Waals surface area contributed by atoms with Gasteiger partial charge >= 0.3 is 12.0 Å². The number of hydrogen-bond acceptors (Lipinski definition) is 4. The first-order valence-electron chi connectivity index (χ1n) is 10.9. The average molecular weight is 441 g/mol. The summed E-state index contributed by atoms with van der Waals surface area (Å²) >= 11 is 0. The summed E-state index contributed by atoms with van der Waals surface area (Å²) in [4.78, 5) is 57.4. The number of rotatable bonds is 6. The number of urea groups is 1. The lowest BCUT2D eigenvalue weighted by atomic mass is 9.86. The molecule has 170 valence electrons. The zero-order chi connectivity index (χ0) is 23.4. The van der Waals surface area contributed by atoms with Gasteiger partial charge in [-0.1, -0.05) is 32.0 Å². The summed E-state index contributed by atoms with van der Waals surface area (Å²) < 4.78 is 0. The van der Waals surface area contributed by atoms with Crippen molar-refractivity contribution >= 4 is 34.7 Å². The average Bonchev–Trinajstić information content (AvgIpc) is 3.20. The Morgan fingerprint density at radius 2 is 1.91 bits per heavy atom. The molecule has 2 aliphatic rings. The van der Waals surface area contributed by atoms with Gasteiger partial charge < -0.3 is 20.3 Å². The van der Waals surface area contributed by atoms with E-state index < -0.39 is 41.4 Å². The highest BCUT2D eigenvalue weighted by Crippen LogP contribution is 2.44. The van der Waals surface area contributed by atoms with Gasteiger partial charge in [0, 0.05) is 17.4 Å². The van der Waals surface area contributed by atoms with E-state index in [1.807, 2.05) is 38.1 Å². The molecule has 3 unspecified atom stereocenters. The van der Waals surface area contributed by atoms with E-state index in [1.54, 1.807) is 6.92 Å². The molecule has 1 aromatic heterocycles. The molecule has 1 fully saturated rings. The molecule has 4 amide bonds. The highest BCUT2D eigenvalue weighted by molar-refractivity contribution is 6.11. The Morgan fingerprint density at radius 3 is 2.56 bits per heavy atom. The molecule has 3 heterocycles. The Hall–Kier alpha value is -3.36. The molecule has 0 spiro atoms. The number of carbonyl (C=O) groups is 4. The first kappa shape index (κ1) is 21.9. The van der Waals surface area contributed by atoms with Crippen molar-refractivity contribution < 1.29 is 24.3 Å². The number of hydrogen-bond donors (Lipinski definition) is 3. The highest BCUT2D eigenvalue weighted by Gasteiger charge is 2.60. The molecule has 1 aromatic carbocycles. The van der Waals surface area contributed by atoms with Crippen LogP contribution in [0, 0.1) is 5.92 Å². The monoisotopic (exact) mass is 440 g/mol. The summed E-state index contributed by atoms with van der Waals surface area (Å²) in [6.07, 6.45) is 0.831. The van der Waals surface area contributed by atoms with E-state index in [-0.39, 0.29) is 12.3 Å². The quantitative estimate of drug-likeness (QED) is 0.595. The summed E-state index contributed by atoms with van der Waals surface area (Å²) in [6.45, 7) is 7.19. The molecule has 0 saturated carbocycles. The Bertz CT molecular complexity index is 1120. The molecular weight excluding hydrogens is 412 g/mol. The maximum absolute atomic E-state index is 13.8. The fourth-order valence-electron chi connectivity index (χ4n) is 4.84. The minimum Gasteiger partial charge on any atom is -0.480 e. The summed E-state index contributed by atoms with van der Waals surface area (Å²) in [6, 6.07) is 5.02. The number of aromatic amines is 1. The maximum Gasteiger partial charge on any atom is 0.328 e. The smallest absolute Gasteiger partial charge is 0.328 e. The van der Waals surface area contributed by atoms with Gasteiger partial charge in [0.05, 0.1) is 5.69 Å². The van der Waals surface area contributed by atoms with Crippen LogP contribution in [0.1, 0.15) is 45.4 Å². The fourth-order valence-corrected chi connectivity index (χ4v) is 4.84. The van der Waals surface area contributed by atoms with Crippen LogP contribution in [-0.4, -0.2) is 62.3 Å². The summed E-state index contributed by atoms with van der Waals surface area (Å²) in [5.74, 6) is -2.30. The van der Waals surface area contributed by atoms with Crippen LogP contribution in [0.3, 0.4) is 0 Å². The van der Waals surface area contributed by atoms with Gasteiger partial charge in [-0.2, -0.15) is 0 Å². The number of nitrogens with one attached hydrogen (secondary N) is 2. The number of carbonyl (C=O) groups excluding carboxylic acids is 3. The second-order valence-electron chi connectivity index (χ2n) is 9.17. The van der Waals surface area contributed by atoms with Crippen molar-refractivity contribution in [3.63, 3.8) is 0 Å². The van der Waals surface area contributed by atoms with E-state index in [1.165, 1.54) is 11.8 Å². The number of carboxylic acid groups (broad SMARTS) is 1. The maximum atomic E-state index is 13.8. The lowest BCUT2D eigenvalue weighted by molar-refractivity contribution is -0.143. The van der Waals surface area contributed by atoms with Crippen molar-refractivity contribution in [2.45, 2.75) is 58.2 Å². The van der Waals surface area contributed by atoms with Gasteiger partial charge in [-0.25, -0.2) is 9.69 Å². The lowest BCUT2D eigenvalue weighted by Gasteiger charge is -2.36. The first-order chi connectivity index (χ1) is 15.1. The Morgan fingerprint density at radius 1 is 1.22 bits per heavy atom. The molecule has 2 aromatic rings. The van der Waals surface area contributed by atoms with Crippen LogP contribution in [0.25, 0.3) is 10.9 Å². The topological polar surface area (TPSA) is 123 Å². The normalized spacial score (nSPS) is 22.2. The second-order valence-corrected chi connectivity index (χ2v) is 9.17. The fraction of sp³-hybridized carbons (Fsp3) is 0.478. The predicted octanol–water partition coefficient (Wildman–Crippen LogP) is 2.21. The number of nitrogens with zero attached hydrogens (tertiary/aromatic N) is 2. The molecule has 0 bridgehead atoms. The molecule has 32 heavy (non-hydrogen) atoms. The molecular formula is C23H28N4O5. The van der Waals surface area contributed by atoms with Crippen LogP contribution in [0.4, 0.5) is 4.79 Å². The van der Waals surface area contributed by atoms with E-state index >= 15 is 0 Å². The van der Waals surface area contributed by atoms with Gasteiger partial charge in [0.25, 0.3) is 5.91 Å². The van der Waals surface area contributed by atoms with E-state index in [0.717, 1.165) is 21.4 Å². The number of aliphatic carboxylic acids is 1. The Kier molecular flexibility index (Phi) is 5.22. The molecule has 3 N–H and O–H groups in total. The van der Waals surface area contributed by atoms with E-state index in [0.29, 0.717) is 18.7 Å². The third-order valence-corrected chi connectivity index (χ3v) is 6.54. The van der Waals surface area contributed by atoms with Crippen LogP contribution in [0.5, 0.6) is 0 Å². The Balaban J connectivity index is 1.76. The zero-order valence-electron chi connectivity index (χ0n) is 18.6. The summed E-state index contributed by atoms with van der Waals surface area (Å²) in [7, 11) is 0. The van der Waals surface area contributed by atoms with Crippen LogP contribution < -0.4 is 5.32 Å². The predicted molar refractivity (Wildman–Crippen MR) is 117 cm³/mol. The second kappa shape index (κ2) is 7.65. The van der Waals surface area contributed by atoms with Crippen molar-refractivity contribution in [2.24, 2.45) is 5.92 Å². The summed E-state index contributed by atoms with van der Waals surface area (Å²) in [5.41, 5.74) is 1.32. The number of H-pyrrole nitrogens is 1. The van der Waals surface area contributed by atoms with Crippen molar-refractivity contribution in [3.05, 3.63) is 35.5 Å². The van der Waals surface area contributed by atoms with Gasteiger partial charge in [0.2, 0.25) is 5.91 Å². The highest BCUT2D eigenvalue weighted by atomic mass is 16.4. The molecule has 2 aliphatic heterocycles. The van der Waals surface area contributed by atoms with Gasteiger partial charge in [0.1, 0.15) is 12.1 Å². The van der Waals surface area contributed by atoms with Gasteiger partial charge in [0.15, 0.2) is 5.54 Å². The third-order valence-electron chi connectivity index (χ3n) is 6.54. The van der Waals surface area contributed by atoms with Gasteiger partial charge in [-0.15, -0.1) is 0 Å². The largest absolute Gasteiger partial charge is 0.480 e. The number of aromatic nitrogens is 1. The van der Waals surface area contributed by atoms with Gasteiger partial charge in [-0.05, 0) is 44.2 Å². The molecule has 3 atom stereocenters. The number of amides is 4. The third kappa shape index (κ3) is 3.14. The number of para-hydroxylation sites is 1. The SMILES string of the molecule is CC(C)CC(C(=O)NC(C)C(=O)O)N1C(=O)N2CCc3c([nH]c4ccccc34)C2(C)C1=O. The minimum absolute atomic E-state index is 0.000514. The van der Waals surface area contributed by atoms with Gasteiger partial charge in [-0.3, -0.25) is 14.4 Å². The number of carboxylic acids is 1. The van der Waals surface area contributed by atoms with Crippen LogP contribution in [-0.2, 0) is 26.3 Å². The van der Waals surface area contributed by atoms with Crippen molar-refractivity contribution in [1.29, 1.82) is 0 Å². The molecule has 1 saturated heterocycles. The lowest BCUT2D eigenvalue weighted by Crippen LogP contribution is -2.54. The van der Waals surface area contributed by atoms with Crippen LogP contribution in [0.2, 0.25) is 0 Å². The minimum atomic E-state index is -1.25. The van der Waals surface area contributed by atoms with E-state index in [2.05, 4.69) is 10.3 Å². The standard InChI is InChI=1S/C23H28N4O5/c1-12(2)11-17(19(28)24-13(3)20(29)30)27-21(31)23(4)18-15(9-10-26(23)22(27)32)14-7-5-6-8-16(14)25-18/h5-8,12-13,17,25H,9-11H2,1-4H3,(H,24,28)(H,29,30). The van der Waals surface area contributed by atoms with E-state index in [4.69, 9.17) is 0 Å². The Labute approximate surface area is 185 Å². The molecule has 0 radical (unpaired) electrons. The first-order valence-corrected chi connectivity index (χ1v) is 10.9. The van der Waals surface area contributed by atoms with Crippen molar-refractivity contribution in [3.8, 4) is 0 Å². The molecule has 4 rings (SSSR count). The molecule has 9 nitrogen and oxygen atoms in total. The van der Waals surface area contributed by atoms with Crippen molar-refractivity contribution in [2.75, 3.05) is 6.54 Å². The van der Waals surface area contributed by atoms with Crippen LogP contribution >= 0.6 is 0 Å². The summed E-state index contributed by atoms with van der Waals surface area (Å²) in [5, 5.41) is 12.6. The molecule has 0 aliphatic carbocycles. The van der Waals surface area contributed by atoms with Crippen LogP contribution in [0.15, 0.2) is 24.3 Å². The number of imide groups is 1. The van der Waals surface area contributed by atoms with Crippen molar-refractivity contribution in [1.82, 2.24) is 20.1 Å². The zero-order valence-corrected chi connectivity index (χ0v) is 18.6.